The van der Waals surface area contributed by atoms with Crippen LogP contribution in [0.3, 0.4) is 0 Å². The Morgan fingerprint density at radius 1 is 1.06 bits per heavy atom. The van der Waals surface area contributed by atoms with Gasteiger partial charge in [0.2, 0.25) is 5.91 Å². The molecule has 0 saturated carbocycles. The Morgan fingerprint density at radius 3 is 2.66 bits per heavy atom. The van der Waals surface area contributed by atoms with E-state index in [-0.39, 0.29) is 11.7 Å². The summed E-state index contributed by atoms with van der Waals surface area (Å²) in [4.78, 5) is 24.9. The quantitative estimate of drug-likeness (QED) is 0.395. The zero-order valence-corrected chi connectivity index (χ0v) is 18.4. The van der Waals surface area contributed by atoms with Crippen molar-refractivity contribution in [2.75, 3.05) is 16.4 Å². The van der Waals surface area contributed by atoms with Crippen LogP contribution in [-0.4, -0.2) is 32.2 Å². The zero-order chi connectivity index (χ0) is 22.7. The number of carbonyl (C=O) groups excluding carboxylic acids is 2. The Morgan fingerprint density at radius 2 is 1.88 bits per heavy atom. The normalized spacial score (nSPS) is 10.8. The average Bonchev–Trinajstić information content (AvgIpc) is 3.17. The van der Waals surface area contributed by atoms with E-state index in [0.29, 0.717) is 32.8 Å². The molecule has 4 rings (SSSR count). The van der Waals surface area contributed by atoms with Crippen molar-refractivity contribution >= 4 is 52.2 Å². The van der Waals surface area contributed by atoms with E-state index in [9.17, 15) is 14.0 Å². The number of hydrogen-bond acceptors (Lipinski definition) is 5. The topological polar surface area (TPSA) is 88.4 Å². The monoisotopic (exact) mass is 469 g/mol. The van der Waals surface area contributed by atoms with Crippen LogP contribution in [0.2, 0.25) is 5.02 Å². The van der Waals surface area contributed by atoms with E-state index in [0.717, 1.165) is 5.56 Å². The van der Waals surface area contributed by atoms with Gasteiger partial charge in [-0.3, -0.25) is 14.0 Å². The van der Waals surface area contributed by atoms with Crippen molar-refractivity contribution in [1.82, 2.24) is 14.6 Å². The van der Waals surface area contributed by atoms with Crippen LogP contribution >= 0.6 is 23.4 Å². The highest BCUT2D eigenvalue weighted by molar-refractivity contribution is 7.99. The smallest absolute Gasteiger partial charge is 0.257 e. The van der Waals surface area contributed by atoms with Crippen molar-refractivity contribution in [3.8, 4) is 0 Å². The summed E-state index contributed by atoms with van der Waals surface area (Å²) >= 11 is 7.27. The molecule has 0 unspecified atom stereocenters. The van der Waals surface area contributed by atoms with Gasteiger partial charge in [0.1, 0.15) is 5.82 Å². The number of benzene rings is 2. The highest BCUT2D eigenvalue weighted by Gasteiger charge is 2.13. The van der Waals surface area contributed by atoms with Crippen LogP contribution in [0.15, 0.2) is 66.0 Å². The molecule has 2 aromatic carbocycles. The number of pyridine rings is 1. The third kappa shape index (κ3) is 5.06. The predicted molar refractivity (Wildman–Crippen MR) is 123 cm³/mol. The molecule has 2 N–H and O–H groups in total. The number of aryl methyl sites for hydroxylation is 1. The van der Waals surface area contributed by atoms with E-state index in [1.807, 2.05) is 13.0 Å². The van der Waals surface area contributed by atoms with E-state index in [1.165, 1.54) is 30.0 Å². The number of amides is 2. The maximum Gasteiger partial charge on any atom is 0.257 e. The van der Waals surface area contributed by atoms with E-state index in [1.54, 1.807) is 40.9 Å². The lowest BCUT2D eigenvalue weighted by atomic mass is 10.2. The lowest BCUT2D eigenvalue weighted by Gasteiger charge is -2.07. The van der Waals surface area contributed by atoms with Gasteiger partial charge in [0.25, 0.3) is 5.91 Å². The SMILES string of the molecule is Cc1ccc(NC(=O)CSc2nnc3ccc(C(=O)Nc4cccc(F)c4)cn23)cc1Cl. The summed E-state index contributed by atoms with van der Waals surface area (Å²) in [7, 11) is 0. The highest BCUT2D eigenvalue weighted by Crippen LogP contribution is 2.22. The Bertz CT molecular complexity index is 1330. The van der Waals surface area contributed by atoms with Crippen LogP contribution in [0.1, 0.15) is 15.9 Å². The standard InChI is InChI=1S/C22H17ClFN5O2S/c1-13-5-7-17(10-18(13)23)25-20(30)12-32-22-28-27-19-8-6-14(11-29(19)22)21(31)26-16-4-2-3-15(24)9-16/h2-11H,12H2,1H3,(H,25,30)(H,26,31). The first-order valence-corrected chi connectivity index (χ1v) is 10.9. The second-order valence-corrected chi connectivity index (χ2v) is 8.24. The van der Waals surface area contributed by atoms with E-state index in [4.69, 9.17) is 11.6 Å². The van der Waals surface area contributed by atoms with Gasteiger partial charge >= 0.3 is 0 Å². The molecule has 0 aliphatic heterocycles. The van der Waals surface area contributed by atoms with Crippen molar-refractivity contribution in [1.29, 1.82) is 0 Å². The number of nitrogens with zero attached hydrogens (tertiary/aromatic N) is 3. The van der Waals surface area contributed by atoms with Gasteiger partial charge in [0.05, 0.1) is 11.3 Å². The number of halogens is 2. The number of carbonyl (C=O) groups is 2. The molecule has 32 heavy (non-hydrogen) atoms. The lowest BCUT2D eigenvalue weighted by molar-refractivity contribution is -0.113. The minimum Gasteiger partial charge on any atom is -0.325 e. The van der Waals surface area contributed by atoms with Gasteiger partial charge in [-0.2, -0.15) is 0 Å². The molecule has 0 spiro atoms. The number of nitrogens with one attached hydrogen (secondary N) is 2. The number of rotatable bonds is 6. The zero-order valence-electron chi connectivity index (χ0n) is 16.8. The fourth-order valence-electron chi connectivity index (χ4n) is 2.87. The van der Waals surface area contributed by atoms with Crippen molar-refractivity contribution in [2.45, 2.75) is 12.1 Å². The molecule has 0 fully saturated rings. The van der Waals surface area contributed by atoms with Crippen LogP contribution in [0, 0.1) is 12.7 Å². The molecule has 2 aromatic heterocycles. The lowest BCUT2D eigenvalue weighted by Crippen LogP contribution is -2.14. The Balaban J connectivity index is 1.44. The van der Waals surface area contributed by atoms with E-state index < -0.39 is 11.7 Å². The third-order valence-corrected chi connectivity index (χ3v) is 5.85. The molecular formula is C22H17ClFN5O2S. The summed E-state index contributed by atoms with van der Waals surface area (Å²) in [6.07, 6.45) is 1.57. The Labute approximate surface area is 192 Å². The molecule has 0 atom stereocenters. The largest absolute Gasteiger partial charge is 0.325 e. The highest BCUT2D eigenvalue weighted by atomic mass is 35.5. The van der Waals surface area contributed by atoms with E-state index in [2.05, 4.69) is 20.8 Å². The predicted octanol–water partition coefficient (Wildman–Crippen LogP) is 4.81. The van der Waals surface area contributed by atoms with Gasteiger partial charge in [-0.1, -0.05) is 35.5 Å². The average molecular weight is 470 g/mol. The van der Waals surface area contributed by atoms with Crippen LogP contribution in [0.25, 0.3) is 5.65 Å². The summed E-state index contributed by atoms with van der Waals surface area (Å²) in [6.45, 7) is 1.88. The van der Waals surface area contributed by atoms with Gasteiger partial charge in [-0.25, -0.2) is 4.39 Å². The number of fused-ring (bicyclic) bond motifs is 1. The molecule has 2 heterocycles. The molecule has 0 saturated heterocycles. The van der Waals surface area contributed by atoms with Crippen molar-refractivity contribution in [3.63, 3.8) is 0 Å². The maximum absolute atomic E-state index is 13.4. The molecule has 7 nitrogen and oxygen atoms in total. The van der Waals surface area contributed by atoms with Crippen LogP contribution in [0.4, 0.5) is 15.8 Å². The van der Waals surface area contributed by atoms with Crippen LogP contribution in [-0.2, 0) is 4.79 Å². The Hall–Kier alpha value is -3.43. The summed E-state index contributed by atoms with van der Waals surface area (Å²) in [5.41, 5.74) is 2.74. The van der Waals surface area contributed by atoms with Crippen molar-refractivity contribution < 1.29 is 14.0 Å². The van der Waals surface area contributed by atoms with Gasteiger partial charge < -0.3 is 10.6 Å². The fourth-order valence-corrected chi connectivity index (χ4v) is 3.77. The maximum atomic E-state index is 13.4. The molecule has 162 valence electrons. The number of thioether (sulfide) groups is 1. The molecule has 0 aliphatic carbocycles. The first-order valence-electron chi connectivity index (χ1n) is 9.49. The second-order valence-electron chi connectivity index (χ2n) is 6.89. The van der Waals surface area contributed by atoms with Crippen molar-refractivity contribution in [3.05, 3.63) is 82.8 Å². The minimum atomic E-state index is -0.443. The summed E-state index contributed by atoms with van der Waals surface area (Å²) < 4.78 is 15.0. The molecule has 0 bridgehead atoms. The molecule has 10 heteroatoms. The van der Waals surface area contributed by atoms with Gasteiger partial charge in [0, 0.05) is 22.6 Å². The number of hydrogen-bond donors (Lipinski definition) is 2. The molecule has 0 aliphatic rings. The number of anilines is 2. The van der Waals surface area contributed by atoms with E-state index >= 15 is 0 Å². The Kier molecular flexibility index (Phi) is 6.38. The molecule has 2 amide bonds. The molecule has 4 aromatic rings. The van der Waals surface area contributed by atoms with Gasteiger partial charge in [-0.15, -0.1) is 10.2 Å². The second kappa shape index (κ2) is 9.37. The summed E-state index contributed by atoms with van der Waals surface area (Å²) in [6, 6.07) is 14.2. The third-order valence-electron chi connectivity index (χ3n) is 4.50. The van der Waals surface area contributed by atoms with Crippen molar-refractivity contribution in [2.24, 2.45) is 0 Å². The molecule has 0 radical (unpaired) electrons. The summed E-state index contributed by atoms with van der Waals surface area (Å²) in [5.74, 6) is -0.990. The van der Waals surface area contributed by atoms with Crippen LogP contribution < -0.4 is 10.6 Å². The fraction of sp³-hybridized carbons (Fsp3) is 0.0909. The number of aromatic nitrogens is 3. The van der Waals surface area contributed by atoms with Crippen LogP contribution in [0.5, 0.6) is 0 Å². The first-order chi connectivity index (χ1) is 15.4. The minimum absolute atomic E-state index is 0.0893. The molecular weight excluding hydrogens is 453 g/mol. The van der Waals surface area contributed by atoms with Gasteiger partial charge in [-0.05, 0) is 55.0 Å². The summed E-state index contributed by atoms with van der Waals surface area (Å²) in [5, 5.41) is 14.6. The first kappa shape index (κ1) is 21.8. The van der Waals surface area contributed by atoms with Gasteiger partial charge in [0.15, 0.2) is 10.8 Å².